The van der Waals surface area contributed by atoms with Gasteiger partial charge in [-0.15, -0.1) is 0 Å². The third-order valence-corrected chi connectivity index (χ3v) is 3.04. The summed E-state index contributed by atoms with van der Waals surface area (Å²) < 4.78 is 62.8. The molecular weight excluding hydrogens is 295 g/mol. The molecule has 0 radical (unpaired) electrons. The third kappa shape index (κ3) is 5.91. The maximum absolute atomic E-state index is 10.7. The van der Waals surface area contributed by atoms with E-state index >= 15 is 0 Å². The number of hydrogen-bond donors (Lipinski definition) is 1. The molecule has 5 nitrogen and oxygen atoms in total. The molecule has 0 saturated heterocycles. The van der Waals surface area contributed by atoms with E-state index < -0.39 is 15.6 Å². The van der Waals surface area contributed by atoms with Gasteiger partial charge in [0.2, 0.25) is 5.23 Å². The fourth-order valence-corrected chi connectivity index (χ4v) is 1.25. The van der Waals surface area contributed by atoms with Gasteiger partial charge >= 0.3 is 15.6 Å². The molecule has 18 heavy (non-hydrogen) atoms. The molecule has 0 spiro atoms. The monoisotopic (exact) mass is 309 g/mol. The van der Waals surface area contributed by atoms with Crippen LogP contribution in [0.5, 0.6) is 0 Å². The zero-order valence-corrected chi connectivity index (χ0v) is 11.6. The zero-order valence-electron chi connectivity index (χ0n) is 9.93. The van der Waals surface area contributed by atoms with Gasteiger partial charge in [0, 0.05) is 0 Å². The van der Waals surface area contributed by atoms with Crippen molar-refractivity contribution in [3.05, 3.63) is 0 Å². The van der Waals surface area contributed by atoms with E-state index in [9.17, 15) is 13.2 Å². The number of aliphatic imine (C=N–C) groups is 1. The Morgan fingerprint density at radius 2 is 1.94 bits per heavy atom. The van der Waals surface area contributed by atoms with E-state index in [4.69, 9.17) is 17.7 Å². The van der Waals surface area contributed by atoms with Crippen molar-refractivity contribution in [2.45, 2.75) is 25.4 Å². The minimum atomic E-state index is -5.84. The standard InChI is InChI=1S/C7H13NOS.CHF3O3S/c1-5(2)6-4-9-7(8-6)10-3;2-1(3,4)8(5,6)7/h5-6H,4H2,1-3H3;(H,5,6,7). The van der Waals surface area contributed by atoms with Gasteiger partial charge in [-0.25, -0.2) is 4.99 Å². The molecule has 0 aromatic rings. The highest BCUT2D eigenvalue weighted by Gasteiger charge is 2.44. The lowest BCUT2D eigenvalue weighted by Gasteiger charge is -2.06. The van der Waals surface area contributed by atoms with Crippen molar-refractivity contribution in [3.8, 4) is 0 Å². The van der Waals surface area contributed by atoms with Crippen LogP contribution in [-0.2, 0) is 14.9 Å². The maximum Gasteiger partial charge on any atom is 0.522 e. The van der Waals surface area contributed by atoms with Crippen molar-refractivity contribution in [2.75, 3.05) is 12.9 Å². The number of ether oxygens (including phenoxy) is 1. The number of nitrogens with zero attached hydrogens (tertiary/aromatic N) is 1. The summed E-state index contributed by atoms with van der Waals surface area (Å²) in [5.74, 6) is 0.602. The molecule has 1 heterocycles. The van der Waals surface area contributed by atoms with Gasteiger partial charge in [0.05, 0.1) is 6.04 Å². The molecule has 0 bridgehead atoms. The molecule has 10 heteroatoms. The molecule has 1 atom stereocenters. The van der Waals surface area contributed by atoms with Gasteiger partial charge in [0.25, 0.3) is 0 Å². The maximum atomic E-state index is 10.7. The summed E-state index contributed by atoms with van der Waals surface area (Å²) in [7, 11) is -5.84. The highest BCUT2D eigenvalue weighted by Crippen LogP contribution is 2.20. The minimum Gasteiger partial charge on any atom is -0.471 e. The Balaban J connectivity index is 0.000000331. The lowest BCUT2D eigenvalue weighted by Crippen LogP contribution is -2.21. The predicted molar refractivity (Wildman–Crippen MR) is 63.1 cm³/mol. The van der Waals surface area contributed by atoms with Gasteiger partial charge < -0.3 is 4.74 Å². The summed E-state index contributed by atoms with van der Waals surface area (Å²) in [6.45, 7) is 5.11. The Labute approximate surface area is 108 Å². The SMILES string of the molecule is CSC1=NC(C(C)C)CO1.O=S(=O)(O)C(F)(F)F. The molecule has 1 N–H and O–H groups in total. The third-order valence-electron chi connectivity index (χ3n) is 1.89. The second-order valence-electron chi connectivity index (χ2n) is 3.64. The number of halogens is 3. The average Bonchev–Trinajstić information content (AvgIpc) is 2.63. The first-order chi connectivity index (χ1) is 7.99. The predicted octanol–water partition coefficient (Wildman–Crippen LogP) is 2.15. The van der Waals surface area contributed by atoms with Crippen molar-refractivity contribution in [2.24, 2.45) is 10.9 Å². The van der Waals surface area contributed by atoms with Crippen molar-refractivity contribution in [1.82, 2.24) is 0 Å². The van der Waals surface area contributed by atoms with Gasteiger partial charge in [-0.1, -0.05) is 25.6 Å². The molecule has 1 rings (SSSR count). The van der Waals surface area contributed by atoms with E-state index in [0.29, 0.717) is 12.0 Å². The molecule has 0 amide bonds. The highest BCUT2D eigenvalue weighted by molar-refractivity contribution is 8.12. The minimum absolute atomic E-state index is 0.391. The van der Waals surface area contributed by atoms with Gasteiger partial charge in [0.1, 0.15) is 6.61 Å². The Hall–Kier alpha value is -0.480. The Bertz CT molecular complexity index is 392. The molecule has 0 saturated carbocycles. The van der Waals surface area contributed by atoms with Gasteiger partial charge in [-0.3, -0.25) is 4.55 Å². The average molecular weight is 309 g/mol. The number of rotatable bonds is 1. The van der Waals surface area contributed by atoms with Crippen molar-refractivity contribution < 1.29 is 30.9 Å². The Morgan fingerprint density at radius 1 is 1.50 bits per heavy atom. The lowest BCUT2D eigenvalue weighted by molar-refractivity contribution is -0.0510. The van der Waals surface area contributed by atoms with Crippen molar-refractivity contribution in [1.29, 1.82) is 0 Å². The smallest absolute Gasteiger partial charge is 0.471 e. The molecular formula is C8H14F3NO4S2. The van der Waals surface area contributed by atoms with Crippen LogP contribution in [0.4, 0.5) is 13.2 Å². The highest BCUT2D eigenvalue weighted by atomic mass is 32.2. The molecule has 1 aliphatic heterocycles. The van der Waals surface area contributed by atoms with E-state index in [-0.39, 0.29) is 0 Å². The Kier molecular flexibility index (Phi) is 6.44. The van der Waals surface area contributed by atoms with Gasteiger partial charge in [-0.2, -0.15) is 21.6 Å². The Morgan fingerprint density at radius 3 is 2.11 bits per heavy atom. The second-order valence-corrected chi connectivity index (χ2v) is 5.81. The molecule has 0 aromatic heterocycles. The number of alkyl halides is 3. The number of thioether (sulfide) groups is 1. The quantitative estimate of drug-likeness (QED) is 0.593. The van der Waals surface area contributed by atoms with Crippen LogP contribution in [0.25, 0.3) is 0 Å². The van der Waals surface area contributed by atoms with Crippen LogP contribution in [0, 0.1) is 5.92 Å². The summed E-state index contributed by atoms with van der Waals surface area (Å²) in [5, 5.41) is 0.846. The summed E-state index contributed by atoms with van der Waals surface area (Å²) >= 11 is 1.58. The van der Waals surface area contributed by atoms with Crippen LogP contribution in [0.3, 0.4) is 0 Å². The first kappa shape index (κ1) is 17.5. The van der Waals surface area contributed by atoms with Crippen LogP contribution >= 0.6 is 11.8 Å². The topological polar surface area (TPSA) is 76.0 Å². The van der Waals surface area contributed by atoms with Crippen LogP contribution in [0.2, 0.25) is 0 Å². The van der Waals surface area contributed by atoms with E-state index in [1.54, 1.807) is 11.8 Å². The van der Waals surface area contributed by atoms with Crippen LogP contribution in [-0.4, -0.2) is 42.6 Å². The first-order valence-corrected chi connectivity index (χ1v) is 7.44. The first-order valence-electron chi connectivity index (χ1n) is 4.77. The fraction of sp³-hybridized carbons (Fsp3) is 0.875. The largest absolute Gasteiger partial charge is 0.522 e. The molecule has 1 aliphatic rings. The normalized spacial score (nSPS) is 20.0. The molecule has 108 valence electrons. The number of hydrogen-bond acceptors (Lipinski definition) is 5. The van der Waals surface area contributed by atoms with Crippen molar-refractivity contribution >= 4 is 27.1 Å². The summed E-state index contributed by atoms with van der Waals surface area (Å²) in [4.78, 5) is 4.36. The lowest BCUT2D eigenvalue weighted by atomic mass is 10.1. The van der Waals surface area contributed by atoms with E-state index in [0.717, 1.165) is 11.8 Å². The molecule has 0 aliphatic carbocycles. The van der Waals surface area contributed by atoms with E-state index in [1.807, 2.05) is 6.26 Å². The summed E-state index contributed by atoms with van der Waals surface area (Å²) in [6, 6.07) is 0.391. The molecule has 1 unspecified atom stereocenters. The second kappa shape index (κ2) is 6.62. The molecule has 0 aromatic carbocycles. The molecule has 0 fully saturated rings. The van der Waals surface area contributed by atoms with Gasteiger partial charge in [0.15, 0.2) is 0 Å². The van der Waals surface area contributed by atoms with Crippen LogP contribution in [0.1, 0.15) is 13.8 Å². The van der Waals surface area contributed by atoms with Crippen LogP contribution in [0.15, 0.2) is 4.99 Å². The fourth-order valence-electron chi connectivity index (χ4n) is 0.820. The van der Waals surface area contributed by atoms with Crippen LogP contribution < -0.4 is 0 Å². The van der Waals surface area contributed by atoms with Gasteiger partial charge in [-0.05, 0) is 12.2 Å². The zero-order chi connectivity index (χ0) is 14.6. The summed E-state index contributed by atoms with van der Waals surface area (Å²) in [6.07, 6.45) is 1.99. The summed E-state index contributed by atoms with van der Waals surface area (Å²) in [5.41, 5.74) is -5.53. The van der Waals surface area contributed by atoms with E-state index in [2.05, 4.69) is 18.8 Å². The van der Waals surface area contributed by atoms with Crippen molar-refractivity contribution in [3.63, 3.8) is 0 Å². The van der Waals surface area contributed by atoms with E-state index in [1.165, 1.54) is 0 Å².